The molecule has 13 heavy (non-hydrogen) atoms. The van der Waals surface area contributed by atoms with Crippen molar-refractivity contribution in [2.45, 2.75) is 0 Å². The minimum absolute atomic E-state index is 0.0746. The molecule has 0 radical (unpaired) electrons. The minimum atomic E-state index is -0.504. The maximum absolute atomic E-state index is 13.1. The van der Waals surface area contributed by atoms with E-state index in [0.29, 0.717) is 17.2 Å². The summed E-state index contributed by atoms with van der Waals surface area (Å²) in [6.45, 7) is 0. The highest BCUT2D eigenvalue weighted by Gasteiger charge is 2.05. The van der Waals surface area contributed by atoms with Crippen molar-refractivity contribution in [3.63, 3.8) is 0 Å². The molecule has 0 saturated heterocycles. The monoisotopic (exact) mass is 175 g/mol. The van der Waals surface area contributed by atoms with Crippen molar-refractivity contribution in [3.8, 4) is 0 Å². The van der Waals surface area contributed by atoms with Crippen LogP contribution in [0.4, 0.5) is 4.39 Å². The van der Waals surface area contributed by atoms with Crippen LogP contribution in [0, 0.1) is 5.82 Å². The highest BCUT2D eigenvalue weighted by atomic mass is 19.1. The molecule has 1 aromatic carbocycles. The van der Waals surface area contributed by atoms with Gasteiger partial charge < -0.3 is 0 Å². The van der Waals surface area contributed by atoms with E-state index in [1.54, 1.807) is 24.4 Å². The molecule has 0 aliphatic heterocycles. The van der Waals surface area contributed by atoms with Crippen LogP contribution in [0.3, 0.4) is 0 Å². The number of hydrogen-bond donors (Lipinski definition) is 0. The summed E-state index contributed by atoms with van der Waals surface area (Å²) in [5.74, 6) is -0.504. The predicted molar refractivity (Wildman–Crippen MR) is 47.1 cm³/mol. The van der Waals surface area contributed by atoms with Gasteiger partial charge in [0.1, 0.15) is 5.82 Å². The van der Waals surface area contributed by atoms with Gasteiger partial charge in [0.05, 0.1) is 11.1 Å². The van der Waals surface area contributed by atoms with Gasteiger partial charge in [-0.3, -0.25) is 9.78 Å². The summed E-state index contributed by atoms with van der Waals surface area (Å²) in [6.07, 6.45) is 2.12. The van der Waals surface area contributed by atoms with E-state index in [4.69, 9.17) is 0 Å². The first-order valence-corrected chi connectivity index (χ1v) is 3.81. The van der Waals surface area contributed by atoms with Gasteiger partial charge in [-0.2, -0.15) is 0 Å². The smallest absolute Gasteiger partial charge is 0.153 e. The maximum Gasteiger partial charge on any atom is 0.153 e. The molecule has 64 valence electrons. The van der Waals surface area contributed by atoms with Gasteiger partial charge in [0.15, 0.2) is 6.29 Å². The van der Waals surface area contributed by atoms with Crippen LogP contribution in [-0.4, -0.2) is 11.3 Å². The van der Waals surface area contributed by atoms with E-state index in [1.807, 2.05) is 0 Å². The van der Waals surface area contributed by atoms with E-state index in [9.17, 15) is 9.18 Å². The molecule has 0 saturated carbocycles. The van der Waals surface area contributed by atoms with E-state index in [0.717, 1.165) is 0 Å². The fourth-order valence-electron chi connectivity index (χ4n) is 1.27. The Morgan fingerprint density at radius 3 is 2.92 bits per heavy atom. The molecule has 0 aliphatic rings. The number of aromatic nitrogens is 1. The number of rotatable bonds is 1. The van der Waals surface area contributed by atoms with Crippen LogP contribution in [0.1, 0.15) is 10.4 Å². The van der Waals surface area contributed by atoms with Crippen LogP contribution >= 0.6 is 0 Å². The van der Waals surface area contributed by atoms with Gasteiger partial charge in [-0.1, -0.05) is 6.07 Å². The maximum atomic E-state index is 13.1. The number of fused-ring (bicyclic) bond motifs is 1. The van der Waals surface area contributed by atoms with Gasteiger partial charge in [-0.15, -0.1) is 0 Å². The van der Waals surface area contributed by atoms with Gasteiger partial charge in [0.2, 0.25) is 0 Å². The van der Waals surface area contributed by atoms with Crippen LogP contribution < -0.4 is 0 Å². The lowest BCUT2D eigenvalue weighted by atomic mass is 10.1. The zero-order valence-corrected chi connectivity index (χ0v) is 6.70. The largest absolute Gasteiger partial charge is 0.298 e. The summed E-state index contributed by atoms with van der Waals surface area (Å²) in [7, 11) is 0. The Morgan fingerprint density at radius 1 is 1.31 bits per heavy atom. The van der Waals surface area contributed by atoms with Crippen molar-refractivity contribution in [3.05, 3.63) is 41.8 Å². The van der Waals surface area contributed by atoms with E-state index in [2.05, 4.69) is 4.98 Å². The Morgan fingerprint density at radius 2 is 2.15 bits per heavy atom. The quantitative estimate of drug-likeness (QED) is 0.622. The third kappa shape index (κ3) is 1.18. The zero-order chi connectivity index (χ0) is 9.26. The summed E-state index contributed by atoms with van der Waals surface area (Å²) in [5, 5.41) is 0.553. The summed E-state index contributed by atoms with van der Waals surface area (Å²) >= 11 is 0. The topological polar surface area (TPSA) is 30.0 Å². The highest BCUT2D eigenvalue weighted by Crippen LogP contribution is 2.17. The first-order chi connectivity index (χ1) is 6.33. The fourth-order valence-corrected chi connectivity index (χ4v) is 1.27. The average Bonchev–Trinajstić information content (AvgIpc) is 2.18. The number of pyridine rings is 1. The number of benzene rings is 1. The molecule has 1 aromatic heterocycles. The van der Waals surface area contributed by atoms with E-state index in [-0.39, 0.29) is 5.56 Å². The number of aldehydes is 1. The van der Waals surface area contributed by atoms with E-state index >= 15 is 0 Å². The number of hydrogen-bond acceptors (Lipinski definition) is 2. The molecule has 0 fully saturated rings. The molecule has 0 N–H and O–H groups in total. The van der Waals surface area contributed by atoms with Crippen LogP contribution in [0.5, 0.6) is 0 Å². The van der Waals surface area contributed by atoms with Crippen molar-refractivity contribution in [1.29, 1.82) is 0 Å². The Balaban J connectivity index is 2.91. The summed E-state index contributed by atoms with van der Waals surface area (Å²) < 4.78 is 13.1. The number of carbonyl (C=O) groups excluding carboxylic acids is 1. The SMILES string of the molecule is O=Cc1c(F)ccc2ncccc12. The normalized spacial score (nSPS) is 10.2. The number of halogens is 1. The molecule has 2 rings (SSSR count). The fraction of sp³-hybridized carbons (Fsp3) is 0. The highest BCUT2D eigenvalue weighted by molar-refractivity contribution is 5.96. The molecule has 2 aromatic rings. The third-order valence-electron chi connectivity index (χ3n) is 1.89. The lowest BCUT2D eigenvalue weighted by Gasteiger charge is -1.99. The molecule has 0 unspecified atom stereocenters. The van der Waals surface area contributed by atoms with Crippen molar-refractivity contribution in [2.24, 2.45) is 0 Å². The Labute approximate surface area is 74.0 Å². The van der Waals surface area contributed by atoms with E-state index in [1.165, 1.54) is 6.07 Å². The lowest BCUT2D eigenvalue weighted by Crippen LogP contribution is -1.90. The lowest BCUT2D eigenvalue weighted by molar-refractivity contribution is 0.112. The summed E-state index contributed by atoms with van der Waals surface area (Å²) in [6, 6.07) is 6.15. The second-order valence-electron chi connectivity index (χ2n) is 2.65. The van der Waals surface area contributed by atoms with Gasteiger partial charge in [0, 0.05) is 11.6 Å². The van der Waals surface area contributed by atoms with Crippen LogP contribution in [-0.2, 0) is 0 Å². The Hall–Kier alpha value is -1.77. The second kappa shape index (κ2) is 2.94. The molecule has 0 spiro atoms. The van der Waals surface area contributed by atoms with Gasteiger partial charge >= 0.3 is 0 Å². The third-order valence-corrected chi connectivity index (χ3v) is 1.89. The molecule has 0 aliphatic carbocycles. The number of carbonyl (C=O) groups is 1. The molecule has 1 heterocycles. The van der Waals surface area contributed by atoms with Crippen LogP contribution in [0.2, 0.25) is 0 Å². The van der Waals surface area contributed by atoms with Crippen molar-refractivity contribution in [1.82, 2.24) is 4.98 Å². The summed E-state index contributed by atoms with van der Waals surface area (Å²) in [5.41, 5.74) is 0.705. The standard InChI is InChI=1S/C10H6FNO/c11-9-3-4-10-7(8(9)6-13)2-1-5-12-10/h1-6H. The molecule has 0 atom stereocenters. The molecule has 0 amide bonds. The minimum Gasteiger partial charge on any atom is -0.298 e. The average molecular weight is 175 g/mol. The van der Waals surface area contributed by atoms with Crippen molar-refractivity contribution >= 4 is 17.2 Å². The van der Waals surface area contributed by atoms with Crippen LogP contribution in [0.15, 0.2) is 30.5 Å². The van der Waals surface area contributed by atoms with Crippen LogP contribution in [0.25, 0.3) is 10.9 Å². The van der Waals surface area contributed by atoms with Crippen molar-refractivity contribution < 1.29 is 9.18 Å². The van der Waals surface area contributed by atoms with E-state index < -0.39 is 5.82 Å². The molecule has 3 heteroatoms. The number of nitrogens with zero attached hydrogens (tertiary/aromatic N) is 1. The van der Waals surface area contributed by atoms with Gasteiger partial charge in [0.25, 0.3) is 0 Å². The molecule has 0 bridgehead atoms. The first kappa shape index (κ1) is 7.86. The molecular weight excluding hydrogens is 169 g/mol. The molecule has 2 nitrogen and oxygen atoms in total. The Kier molecular flexibility index (Phi) is 1.77. The summed E-state index contributed by atoms with van der Waals surface area (Å²) in [4.78, 5) is 14.6. The second-order valence-corrected chi connectivity index (χ2v) is 2.65. The Bertz CT molecular complexity index is 467. The van der Waals surface area contributed by atoms with Crippen molar-refractivity contribution in [2.75, 3.05) is 0 Å². The first-order valence-electron chi connectivity index (χ1n) is 3.81. The van der Waals surface area contributed by atoms with Gasteiger partial charge in [-0.05, 0) is 18.2 Å². The zero-order valence-electron chi connectivity index (χ0n) is 6.70. The van der Waals surface area contributed by atoms with Gasteiger partial charge in [-0.25, -0.2) is 4.39 Å². The molecular formula is C10H6FNO. The predicted octanol–water partition coefficient (Wildman–Crippen LogP) is 2.19.